The standard InChI is InChI=1S/C18H21NO/c1-13-7-8-14-9-10-17(16(14)11-13)19-18(12-20)15-5-3-2-4-6-15/h2-8,11,17-20H,9-10,12H2,1H3/t17?,18-/m1/s1. The van der Waals surface area contributed by atoms with Crippen LogP contribution in [0, 0.1) is 6.92 Å². The highest BCUT2D eigenvalue weighted by molar-refractivity contribution is 5.38. The van der Waals surface area contributed by atoms with Crippen molar-refractivity contribution in [2.45, 2.75) is 31.8 Å². The molecule has 2 nitrogen and oxygen atoms in total. The maximum absolute atomic E-state index is 9.68. The Bertz CT molecular complexity index is 579. The second-order valence-electron chi connectivity index (χ2n) is 5.61. The molecule has 1 aliphatic carbocycles. The lowest BCUT2D eigenvalue weighted by Gasteiger charge is -2.22. The number of aryl methyl sites for hydroxylation is 2. The van der Waals surface area contributed by atoms with Crippen LogP contribution >= 0.6 is 0 Å². The lowest BCUT2D eigenvalue weighted by Crippen LogP contribution is -2.27. The first-order valence-corrected chi connectivity index (χ1v) is 7.29. The Balaban J connectivity index is 1.81. The molecule has 2 heteroatoms. The fourth-order valence-corrected chi connectivity index (χ4v) is 3.08. The van der Waals surface area contributed by atoms with Crippen molar-refractivity contribution in [2.24, 2.45) is 0 Å². The molecule has 0 aromatic heterocycles. The van der Waals surface area contributed by atoms with Crippen molar-refractivity contribution in [3.63, 3.8) is 0 Å². The summed E-state index contributed by atoms with van der Waals surface area (Å²) in [6.07, 6.45) is 2.24. The Morgan fingerprint density at radius 3 is 2.75 bits per heavy atom. The quantitative estimate of drug-likeness (QED) is 0.891. The lowest BCUT2D eigenvalue weighted by molar-refractivity contribution is 0.233. The van der Waals surface area contributed by atoms with Gasteiger partial charge in [-0.3, -0.25) is 0 Å². The van der Waals surface area contributed by atoms with Gasteiger partial charge >= 0.3 is 0 Å². The first-order valence-electron chi connectivity index (χ1n) is 7.29. The minimum Gasteiger partial charge on any atom is -0.394 e. The molecular formula is C18H21NO. The predicted octanol–water partition coefficient (Wildman–Crippen LogP) is 3.31. The molecule has 0 radical (unpaired) electrons. The van der Waals surface area contributed by atoms with Gasteiger partial charge in [-0.1, -0.05) is 54.1 Å². The molecule has 0 heterocycles. The van der Waals surface area contributed by atoms with Crippen LogP contribution in [0.1, 0.15) is 40.8 Å². The molecular weight excluding hydrogens is 246 g/mol. The van der Waals surface area contributed by atoms with Crippen molar-refractivity contribution in [1.29, 1.82) is 0 Å². The molecule has 2 aromatic rings. The Kier molecular flexibility index (Phi) is 3.86. The van der Waals surface area contributed by atoms with E-state index in [0.29, 0.717) is 6.04 Å². The second kappa shape index (κ2) is 5.78. The number of hydrogen-bond acceptors (Lipinski definition) is 2. The van der Waals surface area contributed by atoms with Crippen LogP contribution in [0.25, 0.3) is 0 Å². The number of rotatable bonds is 4. The molecule has 104 valence electrons. The van der Waals surface area contributed by atoms with Crippen molar-refractivity contribution < 1.29 is 5.11 Å². The molecule has 0 bridgehead atoms. The summed E-state index contributed by atoms with van der Waals surface area (Å²) in [4.78, 5) is 0. The first kappa shape index (κ1) is 13.3. The predicted molar refractivity (Wildman–Crippen MR) is 81.6 cm³/mol. The van der Waals surface area contributed by atoms with Crippen LogP contribution in [0.5, 0.6) is 0 Å². The zero-order chi connectivity index (χ0) is 13.9. The molecule has 2 atom stereocenters. The van der Waals surface area contributed by atoms with E-state index in [4.69, 9.17) is 0 Å². The van der Waals surface area contributed by atoms with Gasteiger partial charge in [0.2, 0.25) is 0 Å². The van der Waals surface area contributed by atoms with E-state index in [0.717, 1.165) is 18.4 Å². The zero-order valence-corrected chi connectivity index (χ0v) is 11.8. The molecule has 2 N–H and O–H groups in total. The van der Waals surface area contributed by atoms with Crippen molar-refractivity contribution in [3.05, 3.63) is 70.8 Å². The van der Waals surface area contributed by atoms with E-state index in [-0.39, 0.29) is 12.6 Å². The summed E-state index contributed by atoms with van der Waals surface area (Å²) in [5.74, 6) is 0. The summed E-state index contributed by atoms with van der Waals surface area (Å²) in [6, 6.07) is 17.2. The highest BCUT2D eigenvalue weighted by Gasteiger charge is 2.25. The SMILES string of the molecule is Cc1ccc2c(c1)C(N[C@H](CO)c1ccccc1)CC2. The maximum Gasteiger partial charge on any atom is 0.0626 e. The summed E-state index contributed by atoms with van der Waals surface area (Å²) in [6.45, 7) is 2.26. The first-order chi connectivity index (χ1) is 9.78. The summed E-state index contributed by atoms with van der Waals surface area (Å²) in [5, 5.41) is 13.3. The van der Waals surface area contributed by atoms with Gasteiger partial charge < -0.3 is 10.4 Å². The van der Waals surface area contributed by atoms with Gasteiger partial charge in [-0.05, 0) is 36.5 Å². The number of benzene rings is 2. The smallest absolute Gasteiger partial charge is 0.0626 e. The van der Waals surface area contributed by atoms with Gasteiger partial charge in [0.15, 0.2) is 0 Å². The summed E-state index contributed by atoms with van der Waals surface area (Å²) in [7, 11) is 0. The van der Waals surface area contributed by atoms with Gasteiger partial charge in [-0.25, -0.2) is 0 Å². The highest BCUT2D eigenvalue weighted by Crippen LogP contribution is 2.33. The average molecular weight is 267 g/mol. The van der Waals surface area contributed by atoms with E-state index in [1.54, 1.807) is 0 Å². The van der Waals surface area contributed by atoms with Gasteiger partial charge in [0, 0.05) is 6.04 Å². The fraction of sp³-hybridized carbons (Fsp3) is 0.333. The number of fused-ring (bicyclic) bond motifs is 1. The largest absolute Gasteiger partial charge is 0.394 e. The van der Waals surface area contributed by atoms with Crippen LogP contribution in [0.15, 0.2) is 48.5 Å². The molecule has 20 heavy (non-hydrogen) atoms. The minimum atomic E-state index is 0.00709. The number of hydrogen-bond donors (Lipinski definition) is 2. The molecule has 2 aromatic carbocycles. The van der Waals surface area contributed by atoms with Crippen LogP contribution in [-0.2, 0) is 6.42 Å². The third kappa shape index (κ3) is 2.62. The molecule has 0 saturated carbocycles. The molecule has 1 aliphatic rings. The Hall–Kier alpha value is -1.64. The Labute approximate surface area is 120 Å². The molecule has 0 spiro atoms. The van der Waals surface area contributed by atoms with E-state index < -0.39 is 0 Å². The van der Waals surface area contributed by atoms with Crippen LogP contribution in [0.4, 0.5) is 0 Å². The van der Waals surface area contributed by atoms with Crippen LogP contribution in [0.2, 0.25) is 0 Å². The van der Waals surface area contributed by atoms with E-state index in [9.17, 15) is 5.11 Å². The molecule has 0 amide bonds. The fourth-order valence-electron chi connectivity index (χ4n) is 3.08. The average Bonchev–Trinajstić information content (AvgIpc) is 2.88. The van der Waals surface area contributed by atoms with Gasteiger partial charge in [0.25, 0.3) is 0 Å². The number of aliphatic hydroxyl groups is 1. The van der Waals surface area contributed by atoms with E-state index in [2.05, 4.69) is 42.6 Å². The van der Waals surface area contributed by atoms with Crippen LogP contribution < -0.4 is 5.32 Å². The Morgan fingerprint density at radius 2 is 2.00 bits per heavy atom. The van der Waals surface area contributed by atoms with Crippen LogP contribution in [0.3, 0.4) is 0 Å². The Morgan fingerprint density at radius 1 is 1.20 bits per heavy atom. The molecule has 1 unspecified atom stereocenters. The third-order valence-electron chi connectivity index (χ3n) is 4.17. The lowest BCUT2D eigenvalue weighted by atomic mass is 10.0. The van der Waals surface area contributed by atoms with Crippen molar-refractivity contribution >= 4 is 0 Å². The van der Waals surface area contributed by atoms with Crippen molar-refractivity contribution in [1.82, 2.24) is 5.32 Å². The van der Waals surface area contributed by atoms with Crippen molar-refractivity contribution in [2.75, 3.05) is 6.61 Å². The number of nitrogens with one attached hydrogen (secondary N) is 1. The normalized spacial score (nSPS) is 18.8. The van der Waals surface area contributed by atoms with Gasteiger partial charge in [0.1, 0.15) is 0 Å². The van der Waals surface area contributed by atoms with Crippen LogP contribution in [-0.4, -0.2) is 11.7 Å². The van der Waals surface area contributed by atoms with E-state index in [1.165, 1.54) is 16.7 Å². The van der Waals surface area contributed by atoms with Gasteiger partial charge in [0.05, 0.1) is 12.6 Å². The maximum atomic E-state index is 9.68. The second-order valence-corrected chi connectivity index (χ2v) is 5.61. The highest BCUT2D eigenvalue weighted by atomic mass is 16.3. The van der Waals surface area contributed by atoms with Gasteiger partial charge in [-0.15, -0.1) is 0 Å². The molecule has 0 aliphatic heterocycles. The van der Waals surface area contributed by atoms with E-state index >= 15 is 0 Å². The molecule has 0 saturated heterocycles. The summed E-state index contributed by atoms with van der Waals surface area (Å²) in [5.41, 5.74) is 5.30. The summed E-state index contributed by atoms with van der Waals surface area (Å²) >= 11 is 0. The monoisotopic (exact) mass is 267 g/mol. The minimum absolute atomic E-state index is 0.00709. The third-order valence-corrected chi connectivity index (χ3v) is 4.17. The van der Waals surface area contributed by atoms with Crippen molar-refractivity contribution in [3.8, 4) is 0 Å². The number of aliphatic hydroxyl groups excluding tert-OH is 1. The molecule has 3 rings (SSSR count). The zero-order valence-electron chi connectivity index (χ0n) is 11.8. The van der Waals surface area contributed by atoms with Gasteiger partial charge in [-0.2, -0.15) is 0 Å². The van der Waals surface area contributed by atoms with E-state index in [1.807, 2.05) is 18.2 Å². The topological polar surface area (TPSA) is 32.3 Å². The summed E-state index contributed by atoms with van der Waals surface area (Å²) < 4.78 is 0. The molecule has 0 fully saturated rings.